The molecule has 2 unspecified atom stereocenters. The van der Waals surface area contributed by atoms with Gasteiger partial charge in [-0.05, 0) is 59.6 Å². The third-order valence-electron chi connectivity index (χ3n) is 10.4. The van der Waals surface area contributed by atoms with E-state index in [1.807, 2.05) is 26.8 Å². The van der Waals surface area contributed by atoms with Gasteiger partial charge in [0.25, 0.3) is 0 Å². The summed E-state index contributed by atoms with van der Waals surface area (Å²) in [7, 11) is 0. The van der Waals surface area contributed by atoms with Crippen molar-refractivity contribution in [1.29, 1.82) is 0 Å². The summed E-state index contributed by atoms with van der Waals surface area (Å²) in [5.41, 5.74) is 4.74. The third-order valence-corrected chi connectivity index (χ3v) is 11.9. The third kappa shape index (κ3) is 7.93. The molecule has 6 heteroatoms. The number of fused-ring (bicyclic) bond motifs is 3. The van der Waals surface area contributed by atoms with Crippen molar-refractivity contribution in [3.63, 3.8) is 0 Å². The number of thioether (sulfide) groups is 1. The van der Waals surface area contributed by atoms with Crippen molar-refractivity contribution in [2.75, 3.05) is 13.1 Å². The summed E-state index contributed by atoms with van der Waals surface area (Å²) in [6.45, 7) is 14.4. The van der Waals surface area contributed by atoms with E-state index in [1.165, 1.54) is 34.6 Å². The van der Waals surface area contributed by atoms with Crippen LogP contribution in [0.5, 0.6) is 0 Å². The van der Waals surface area contributed by atoms with Gasteiger partial charge in [-0.15, -0.1) is 43.7 Å². The Morgan fingerprint density at radius 2 is 2.04 bits per heavy atom. The first kappa shape index (κ1) is 28.8. The summed E-state index contributed by atoms with van der Waals surface area (Å²) in [4.78, 5) is 5.75. The summed E-state index contributed by atoms with van der Waals surface area (Å²) in [5.74, 6) is 3.59. The van der Waals surface area contributed by atoms with E-state index in [9.17, 15) is 0 Å². The van der Waals surface area contributed by atoms with Gasteiger partial charge in [-0.1, -0.05) is 91.2 Å². The van der Waals surface area contributed by atoms with Crippen LogP contribution in [0, 0.1) is 53.4 Å². The van der Waals surface area contributed by atoms with Gasteiger partial charge in [-0.3, -0.25) is 6.08 Å². The van der Waals surface area contributed by atoms with Gasteiger partial charge in [0.05, 0.1) is 0 Å². The first-order valence-electron chi connectivity index (χ1n) is 19.5. The van der Waals surface area contributed by atoms with Crippen LogP contribution in [-0.2, 0) is 24.8 Å². The summed E-state index contributed by atoms with van der Waals surface area (Å²) in [6.07, 6.45) is 16.3. The van der Waals surface area contributed by atoms with Crippen molar-refractivity contribution in [2.24, 2.45) is 45.9 Å². The molecule has 251 valence electrons. The summed E-state index contributed by atoms with van der Waals surface area (Å²) >= 11 is 1.72. The average Bonchev–Trinajstić information content (AvgIpc) is 3.59. The largest absolute Gasteiger partial charge is 0.769 e. The molecule has 7 aliphatic rings. The van der Waals surface area contributed by atoms with Crippen molar-refractivity contribution >= 4 is 17.5 Å². The molecule has 9 atom stereocenters. The van der Waals surface area contributed by atoms with Crippen molar-refractivity contribution < 1.29 is 31.7 Å². The molecule has 45 heavy (non-hydrogen) atoms. The molecular formula is C39H55IrN3OS-4. The van der Waals surface area contributed by atoms with Crippen molar-refractivity contribution in [1.82, 2.24) is 0 Å². The van der Waals surface area contributed by atoms with Gasteiger partial charge >= 0.3 is 0 Å². The maximum atomic E-state index is 8.85. The number of aliphatic imine (C=N–C) groups is 1. The van der Waals surface area contributed by atoms with Crippen molar-refractivity contribution in [3.05, 3.63) is 74.4 Å². The predicted molar refractivity (Wildman–Crippen MR) is 187 cm³/mol. The number of hydrogen-bond acceptors (Lipinski definition) is 3. The Morgan fingerprint density at radius 3 is 2.76 bits per heavy atom. The fourth-order valence-corrected chi connectivity index (χ4v) is 9.15. The van der Waals surface area contributed by atoms with Crippen LogP contribution in [-0.4, -0.2) is 36.3 Å². The number of allylic oxidation sites excluding steroid dienone is 5. The molecule has 0 aromatic heterocycles. The topological polar surface area (TPSA) is 49.8 Å². The summed E-state index contributed by atoms with van der Waals surface area (Å²) in [6, 6.07) is 0.00528. The Bertz CT molecular complexity index is 1470. The van der Waals surface area contributed by atoms with Crippen molar-refractivity contribution in [3.8, 4) is 0 Å². The molecule has 5 heterocycles. The molecule has 0 amide bonds. The Morgan fingerprint density at radius 1 is 1.22 bits per heavy atom. The molecule has 5 aliphatic heterocycles. The van der Waals surface area contributed by atoms with E-state index in [0.717, 1.165) is 49.5 Å². The molecular weight excluding hydrogens is 751 g/mol. The fourth-order valence-electron chi connectivity index (χ4n) is 7.40. The zero-order valence-electron chi connectivity index (χ0n) is 33.2. The Balaban J connectivity index is 0.000000255. The molecule has 0 N–H and O–H groups in total. The van der Waals surface area contributed by atoms with Crippen LogP contribution in [0.25, 0.3) is 10.6 Å². The monoisotopic (exact) mass is 811 g/mol. The summed E-state index contributed by atoms with van der Waals surface area (Å²) < 4.78 is 47.1. The minimum atomic E-state index is -2.23. The van der Waals surface area contributed by atoms with Gasteiger partial charge in [-0.2, -0.15) is 11.6 Å². The first-order valence-corrected chi connectivity index (χ1v) is 17.9. The van der Waals surface area contributed by atoms with Crippen molar-refractivity contribution in [2.45, 2.75) is 118 Å². The minimum Gasteiger partial charge on any atom is -0.769 e. The van der Waals surface area contributed by atoms with Crippen LogP contribution >= 0.6 is 11.8 Å². The average molecular weight is 811 g/mol. The van der Waals surface area contributed by atoms with Crippen LogP contribution < -0.4 is 0 Å². The first-order chi connectivity index (χ1) is 23.0. The predicted octanol–water partition coefficient (Wildman–Crippen LogP) is 10.5. The number of rotatable bonds is 3. The van der Waals surface area contributed by atoms with Gasteiger partial charge in [0.15, 0.2) is 6.23 Å². The fraction of sp³-hybridized carbons (Fsp3) is 0.692. The second-order valence-electron chi connectivity index (χ2n) is 15.1. The molecule has 0 spiro atoms. The molecule has 4 nitrogen and oxygen atoms in total. The standard InChI is InChI=1S/C25H34N2OS.C14H21N.Ir/c1-14-9-10-17-16-7-6-8-18(23(16)28-24(17)27-14)20-11-21-19(13-26-20)15(2)22(29-21)12-25(3,4)5;1-10-4-6-13(7-5-10)14-8-11(2)12(3)9-15-14;/h8-10,15-17,20,22,24H,6-7,11-13H2,1-5H3;8,10-12H,4-6,9H2,1-3H3;/q2*-2;/t15-,16?,17?,20+,22-,24-;10-,11+,12-;/m01./s1/i1D3,12D2;;. The van der Waals surface area contributed by atoms with E-state index in [4.69, 9.17) is 16.9 Å². The zero-order valence-corrected chi connectivity index (χ0v) is 31.4. The van der Waals surface area contributed by atoms with Gasteiger partial charge in [0.1, 0.15) is 0 Å². The molecule has 1 radical (unpaired) electrons. The number of hydrogen-bond donors (Lipinski definition) is 0. The molecule has 1 fully saturated rings. The second-order valence-corrected chi connectivity index (χ2v) is 16.4. The zero-order chi connectivity index (χ0) is 35.5. The van der Waals surface area contributed by atoms with Crippen LogP contribution in [0.1, 0.15) is 107 Å². The second kappa shape index (κ2) is 14.5. The molecule has 7 rings (SSSR count). The van der Waals surface area contributed by atoms with E-state index in [2.05, 4.69) is 56.6 Å². The van der Waals surface area contributed by atoms with Gasteiger partial charge in [0.2, 0.25) is 0 Å². The SMILES string of the molecule is C[C@H]1C[C-]=C(C2=C[C@H](C)[C@H](C)C[N-]2)CC1.[2H]C([2H])([2H])C1=N[C@H]2OC3=C([C@H]4CC5=C(C[N-]4)[C@H](C)[C@H](C([2H])([2H])C(C)(C)C)S5)[CH-]CCC3C2C=C1.[Ir]. The normalized spacial score (nSPS) is 39.5. The van der Waals surface area contributed by atoms with Crippen LogP contribution in [0.3, 0.4) is 0 Å². The number of ether oxygens (including phenoxy) is 1. The Hall–Kier alpha value is -1.20. The van der Waals surface area contributed by atoms with Crippen LogP contribution in [0.15, 0.2) is 56.3 Å². The Labute approximate surface area is 299 Å². The van der Waals surface area contributed by atoms with Crippen LogP contribution in [0.2, 0.25) is 0 Å². The van der Waals surface area contributed by atoms with E-state index in [-0.39, 0.29) is 54.9 Å². The molecule has 0 saturated carbocycles. The maximum absolute atomic E-state index is 8.85. The number of dihydropyridines is 1. The maximum Gasteiger partial charge on any atom is 0.175 e. The number of nitrogens with zero attached hydrogens (tertiary/aromatic N) is 3. The quantitative estimate of drug-likeness (QED) is 0.267. The Kier molecular flexibility index (Phi) is 9.28. The van der Waals surface area contributed by atoms with Gasteiger partial charge in [-0.25, -0.2) is 17.0 Å². The van der Waals surface area contributed by atoms with E-state index < -0.39 is 24.9 Å². The van der Waals surface area contributed by atoms with E-state index in [1.54, 1.807) is 17.8 Å². The molecule has 0 bridgehead atoms. The van der Waals surface area contributed by atoms with Gasteiger partial charge < -0.3 is 21.1 Å². The smallest absolute Gasteiger partial charge is 0.175 e. The van der Waals surface area contributed by atoms with E-state index in [0.29, 0.717) is 18.4 Å². The molecule has 0 aromatic carbocycles. The molecule has 2 aliphatic carbocycles. The van der Waals surface area contributed by atoms with E-state index >= 15 is 0 Å². The van der Waals surface area contributed by atoms with Gasteiger partial charge in [0, 0.05) is 43.8 Å². The minimum absolute atomic E-state index is 0. The summed E-state index contributed by atoms with van der Waals surface area (Å²) in [5, 5.41) is 9.62. The molecule has 0 aromatic rings. The van der Waals surface area contributed by atoms with Crippen LogP contribution in [0.4, 0.5) is 0 Å². The molecule has 1 saturated heterocycles.